The summed E-state index contributed by atoms with van der Waals surface area (Å²) in [4.78, 5) is 12.5. The zero-order chi connectivity index (χ0) is 15.9. The Balaban J connectivity index is 1.79. The van der Waals surface area contributed by atoms with Crippen molar-refractivity contribution >= 4 is 22.3 Å². The molecular weight excluding hydrogens is 284 g/mol. The number of carbonyl (C=O) groups excluding carboxylic acids is 1. The molecule has 3 aromatic carbocycles. The number of fused-ring (bicyclic) bond motifs is 1. The second kappa shape index (κ2) is 5.10. The summed E-state index contributed by atoms with van der Waals surface area (Å²) in [7, 11) is 1.44. The van der Waals surface area contributed by atoms with E-state index in [0.717, 1.165) is 16.7 Å². The number of hydrogen-bond acceptors (Lipinski definition) is 2. The first-order valence-corrected chi connectivity index (χ1v) is 7.62. The summed E-state index contributed by atoms with van der Waals surface area (Å²) >= 11 is 0. The Hall–Kier alpha value is -2.87. The van der Waals surface area contributed by atoms with Crippen molar-refractivity contribution < 1.29 is 9.53 Å². The predicted molar refractivity (Wildman–Crippen MR) is 92.1 cm³/mol. The van der Waals surface area contributed by atoms with Gasteiger partial charge in [-0.15, -0.1) is 0 Å². The SMILES string of the molecule is COC(=O)[C@]1(c2ccccc2)C=C1c1ccc2ccccc2c1. The predicted octanol–water partition coefficient (Wildman–Crippen LogP) is 4.35. The molecule has 1 atom stereocenters. The van der Waals surface area contributed by atoms with Crippen molar-refractivity contribution in [3.05, 3.63) is 90.0 Å². The molecule has 1 aliphatic carbocycles. The summed E-state index contributed by atoms with van der Waals surface area (Å²) in [6.45, 7) is 0. The van der Waals surface area contributed by atoms with E-state index >= 15 is 0 Å². The van der Waals surface area contributed by atoms with Gasteiger partial charge in [0.05, 0.1) is 7.11 Å². The molecule has 0 spiro atoms. The minimum absolute atomic E-state index is 0.230. The van der Waals surface area contributed by atoms with Crippen LogP contribution >= 0.6 is 0 Å². The smallest absolute Gasteiger partial charge is 0.324 e. The zero-order valence-corrected chi connectivity index (χ0v) is 12.8. The number of esters is 1. The van der Waals surface area contributed by atoms with Gasteiger partial charge in [-0.2, -0.15) is 0 Å². The molecule has 0 aliphatic heterocycles. The highest BCUT2D eigenvalue weighted by molar-refractivity contribution is 6.12. The van der Waals surface area contributed by atoms with Gasteiger partial charge in [-0.25, -0.2) is 0 Å². The summed E-state index contributed by atoms with van der Waals surface area (Å²) in [6.07, 6.45) is 2.00. The summed E-state index contributed by atoms with van der Waals surface area (Å²) in [5.41, 5.74) is 2.30. The van der Waals surface area contributed by atoms with Crippen LogP contribution in [0.5, 0.6) is 0 Å². The van der Waals surface area contributed by atoms with E-state index < -0.39 is 5.41 Å². The molecule has 0 radical (unpaired) electrons. The van der Waals surface area contributed by atoms with Gasteiger partial charge in [-0.05, 0) is 33.5 Å². The largest absolute Gasteiger partial charge is 0.468 e. The normalized spacial score (nSPS) is 19.3. The molecule has 0 heterocycles. The topological polar surface area (TPSA) is 26.3 Å². The average molecular weight is 300 g/mol. The van der Waals surface area contributed by atoms with Crippen LogP contribution in [-0.4, -0.2) is 13.1 Å². The van der Waals surface area contributed by atoms with Crippen LogP contribution in [0.1, 0.15) is 11.1 Å². The fourth-order valence-corrected chi connectivity index (χ4v) is 3.24. The standard InChI is InChI=1S/C21H16O2/c1-23-20(22)21(18-9-3-2-4-10-18)14-19(21)17-12-11-15-7-5-6-8-16(15)13-17/h2-14H,1H3/t21-/m0/s1. The highest BCUT2D eigenvalue weighted by atomic mass is 16.5. The minimum atomic E-state index is -0.738. The first-order valence-electron chi connectivity index (χ1n) is 7.62. The maximum Gasteiger partial charge on any atom is 0.324 e. The van der Waals surface area contributed by atoms with Crippen LogP contribution in [0.15, 0.2) is 78.9 Å². The van der Waals surface area contributed by atoms with Gasteiger partial charge in [0, 0.05) is 0 Å². The van der Waals surface area contributed by atoms with Crippen molar-refractivity contribution in [2.45, 2.75) is 5.41 Å². The minimum Gasteiger partial charge on any atom is -0.468 e. The van der Waals surface area contributed by atoms with Gasteiger partial charge in [0.1, 0.15) is 5.41 Å². The van der Waals surface area contributed by atoms with E-state index in [1.807, 2.05) is 48.5 Å². The summed E-state index contributed by atoms with van der Waals surface area (Å²) in [6, 6.07) is 24.3. The Morgan fingerprint density at radius 2 is 1.57 bits per heavy atom. The molecule has 0 aromatic heterocycles. The van der Waals surface area contributed by atoms with E-state index in [4.69, 9.17) is 4.74 Å². The van der Waals surface area contributed by atoms with Gasteiger partial charge in [0.15, 0.2) is 0 Å². The van der Waals surface area contributed by atoms with Gasteiger partial charge in [0.2, 0.25) is 0 Å². The Bertz CT molecular complexity index is 925. The fraction of sp³-hybridized carbons (Fsp3) is 0.0952. The molecule has 23 heavy (non-hydrogen) atoms. The van der Waals surface area contributed by atoms with Crippen LogP contribution in [-0.2, 0) is 14.9 Å². The number of rotatable bonds is 3. The number of benzene rings is 3. The molecule has 112 valence electrons. The maximum absolute atomic E-state index is 12.5. The Labute approximate surface area is 135 Å². The lowest BCUT2D eigenvalue weighted by Gasteiger charge is -2.17. The van der Waals surface area contributed by atoms with Crippen molar-refractivity contribution in [1.82, 2.24) is 0 Å². The van der Waals surface area contributed by atoms with Crippen LogP contribution in [0.3, 0.4) is 0 Å². The van der Waals surface area contributed by atoms with Crippen molar-refractivity contribution in [2.75, 3.05) is 7.11 Å². The summed E-state index contributed by atoms with van der Waals surface area (Å²) in [5, 5.41) is 2.37. The van der Waals surface area contributed by atoms with Crippen LogP contribution in [0, 0.1) is 0 Å². The Kier molecular flexibility index (Phi) is 3.05. The lowest BCUT2D eigenvalue weighted by molar-refractivity contribution is -0.142. The third kappa shape index (κ3) is 2.07. The molecule has 1 aliphatic rings. The molecule has 0 fully saturated rings. The second-order valence-electron chi connectivity index (χ2n) is 5.79. The van der Waals surface area contributed by atoms with E-state index in [0.29, 0.717) is 0 Å². The summed E-state index contributed by atoms with van der Waals surface area (Å²) < 4.78 is 5.08. The van der Waals surface area contributed by atoms with Crippen LogP contribution in [0.4, 0.5) is 0 Å². The third-order valence-electron chi connectivity index (χ3n) is 4.50. The molecule has 4 rings (SSSR count). The molecule has 3 aromatic rings. The van der Waals surface area contributed by atoms with E-state index in [1.54, 1.807) is 0 Å². The first-order chi connectivity index (χ1) is 11.3. The van der Waals surface area contributed by atoms with Gasteiger partial charge in [-0.1, -0.05) is 72.8 Å². The molecule has 0 saturated carbocycles. The van der Waals surface area contributed by atoms with E-state index in [-0.39, 0.29) is 5.97 Å². The molecule has 0 amide bonds. The number of carbonyl (C=O) groups is 1. The van der Waals surface area contributed by atoms with Crippen molar-refractivity contribution in [1.29, 1.82) is 0 Å². The lowest BCUT2D eigenvalue weighted by atomic mass is 9.87. The number of methoxy groups -OCH3 is 1. The highest BCUT2D eigenvalue weighted by Gasteiger charge is 2.53. The summed E-state index contributed by atoms with van der Waals surface area (Å²) in [5.74, 6) is -0.230. The van der Waals surface area contributed by atoms with Gasteiger partial charge >= 0.3 is 5.97 Å². The van der Waals surface area contributed by atoms with E-state index in [2.05, 4.69) is 30.3 Å². The maximum atomic E-state index is 12.5. The first kappa shape index (κ1) is 13.8. The molecule has 0 saturated heterocycles. The van der Waals surface area contributed by atoms with Crippen LogP contribution in [0.2, 0.25) is 0 Å². The van der Waals surface area contributed by atoms with Crippen molar-refractivity contribution in [3.63, 3.8) is 0 Å². The molecule has 0 bridgehead atoms. The lowest BCUT2D eigenvalue weighted by Crippen LogP contribution is -2.25. The van der Waals surface area contributed by atoms with Crippen molar-refractivity contribution in [2.24, 2.45) is 0 Å². The van der Waals surface area contributed by atoms with E-state index in [9.17, 15) is 4.79 Å². The van der Waals surface area contributed by atoms with Crippen LogP contribution < -0.4 is 0 Å². The molecule has 0 N–H and O–H groups in total. The zero-order valence-electron chi connectivity index (χ0n) is 12.8. The van der Waals surface area contributed by atoms with Crippen molar-refractivity contribution in [3.8, 4) is 0 Å². The molecule has 2 heteroatoms. The molecule has 2 nitrogen and oxygen atoms in total. The molecular formula is C21H16O2. The van der Waals surface area contributed by atoms with E-state index in [1.165, 1.54) is 17.9 Å². The average Bonchev–Trinajstić information content (AvgIpc) is 3.38. The third-order valence-corrected chi connectivity index (χ3v) is 4.50. The monoisotopic (exact) mass is 300 g/mol. The van der Waals surface area contributed by atoms with Gasteiger partial charge in [-0.3, -0.25) is 4.79 Å². The quantitative estimate of drug-likeness (QED) is 0.672. The Morgan fingerprint density at radius 3 is 2.30 bits per heavy atom. The highest BCUT2D eigenvalue weighted by Crippen LogP contribution is 2.53. The molecule has 0 unspecified atom stereocenters. The second-order valence-corrected chi connectivity index (χ2v) is 5.79. The van der Waals surface area contributed by atoms with Crippen LogP contribution in [0.25, 0.3) is 16.3 Å². The van der Waals surface area contributed by atoms with Gasteiger partial charge in [0.25, 0.3) is 0 Å². The fourth-order valence-electron chi connectivity index (χ4n) is 3.24. The number of ether oxygens (including phenoxy) is 1. The Morgan fingerprint density at radius 1 is 0.870 bits per heavy atom. The number of hydrogen-bond donors (Lipinski definition) is 0. The van der Waals surface area contributed by atoms with Gasteiger partial charge < -0.3 is 4.74 Å².